The molecule has 0 saturated carbocycles. The molecule has 5 rings (SSSR count). The lowest BCUT2D eigenvalue weighted by Gasteiger charge is -2.28. The van der Waals surface area contributed by atoms with E-state index in [-0.39, 0.29) is 51.0 Å². The predicted molar refractivity (Wildman–Crippen MR) is 212 cm³/mol. The molecule has 0 fully saturated rings. The van der Waals surface area contributed by atoms with Crippen LogP contribution < -0.4 is 40.2 Å². The van der Waals surface area contributed by atoms with E-state index in [1.165, 1.54) is 63.8 Å². The number of benzene rings is 4. The number of carbonyl (C=O) groups excluding carboxylic acids is 4. The lowest BCUT2D eigenvalue weighted by molar-refractivity contribution is -0.387. The van der Waals surface area contributed by atoms with Crippen LogP contribution in [0.25, 0.3) is 0 Å². The van der Waals surface area contributed by atoms with E-state index in [1.54, 1.807) is 20.8 Å². The minimum Gasteiger partial charge on any atom is -0.504 e. The summed E-state index contributed by atoms with van der Waals surface area (Å²) in [5.74, 6) is -5.08. The van der Waals surface area contributed by atoms with E-state index in [0.29, 0.717) is 0 Å². The number of methoxy groups -OCH3 is 3. The zero-order valence-corrected chi connectivity index (χ0v) is 33.7. The molecule has 7 N–H and O–H groups in total. The third-order valence-electron chi connectivity index (χ3n) is 9.15. The van der Waals surface area contributed by atoms with Gasteiger partial charge in [-0.1, -0.05) is 12.1 Å². The second-order valence-corrected chi connectivity index (χ2v) is 14.6. The fraction of sp³-hybridized carbons (Fsp3) is 0.317. The van der Waals surface area contributed by atoms with Gasteiger partial charge in [-0.3, -0.25) is 24.5 Å². The van der Waals surface area contributed by atoms with Gasteiger partial charge in [0.15, 0.2) is 23.0 Å². The van der Waals surface area contributed by atoms with Crippen molar-refractivity contribution in [2.24, 2.45) is 0 Å². The molecule has 0 aromatic heterocycles. The number of nitro groups is 1. The number of fused-ring (bicyclic) bond motifs is 4. The molecule has 4 bridgehead atoms. The molecule has 4 aromatic rings. The van der Waals surface area contributed by atoms with Crippen molar-refractivity contribution in [3.05, 3.63) is 105 Å². The van der Waals surface area contributed by atoms with E-state index in [4.69, 9.17) is 23.7 Å². The van der Waals surface area contributed by atoms with Crippen molar-refractivity contribution in [1.29, 1.82) is 0 Å². The minimum absolute atomic E-state index is 0.0237. The maximum atomic E-state index is 14.5. The molecule has 324 valence electrons. The fourth-order valence-corrected chi connectivity index (χ4v) is 6.33. The topological polar surface area (TPSA) is 266 Å². The fourth-order valence-electron chi connectivity index (χ4n) is 6.33. The summed E-state index contributed by atoms with van der Waals surface area (Å²) in [5.41, 5.74) is -1.69. The van der Waals surface area contributed by atoms with Crippen LogP contribution in [0.3, 0.4) is 0 Å². The number of phenols is 2. The highest BCUT2D eigenvalue weighted by molar-refractivity contribution is 5.95. The van der Waals surface area contributed by atoms with Gasteiger partial charge in [-0.2, -0.15) is 4.39 Å². The largest absolute Gasteiger partial charge is 0.504 e. The normalized spacial score (nSPS) is 17.0. The van der Waals surface area contributed by atoms with Crippen LogP contribution in [0.5, 0.6) is 40.2 Å². The van der Waals surface area contributed by atoms with Gasteiger partial charge in [0, 0.05) is 18.6 Å². The summed E-state index contributed by atoms with van der Waals surface area (Å²) in [6.07, 6.45) is -1.52. The van der Waals surface area contributed by atoms with Gasteiger partial charge >= 0.3 is 11.8 Å². The first kappa shape index (κ1) is 44.7. The Morgan fingerprint density at radius 2 is 1.62 bits per heavy atom. The summed E-state index contributed by atoms with van der Waals surface area (Å²) in [6.45, 7) is 4.03. The summed E-state index contributed by atoms with van der Waals surface area (Å²) >= 11 is 0. The van der Waals surface area contributed by atoms with E-state index in [9.17, 15) is 49.0 Å². The molecule has 4 atom stereocenters. The highest BCUT2D eigenvalue weighted by Gasteiger charge is 2.35. The second-order valence-electron chi connectivity index (χ2n) is 14.6. The number of aliphatic hydroxyl groups excluding tert-OH is 1. The summed E-state index contributed by atoms with van der Waals surface area (Å²) in [5, 5.41) is 53.2. The van der Waals surface area contributed by atoms with Gasteiger partial charge in [0.1, 0.15) is 35.2 Å². The van der Waals surface area contributed by atoms with Crippen molar-refractivity contribution >= 4 is 29.5 Å². The van der Waals surface area contributed by atoms with Gasteiger partial charge in [0.05, 0.1) is 38.9 Å². The number of halogens is 1. The summed E-state index contributed by atoms with van der Waals surface area (Å²) < 4.78 is 42.1. The maximum Gasteiger partial charge on any atom is 0.408 e. The van der Waals surface area contributed by atoms with Gasteiger partial charge in [0.25, 0.3) is 0 Å². The van der Waals surface area contributed by atoms with Crippen LogP contribution in [0.4, 0.5) is 14.9 Å². The van der Waals surface area contributed by atoms with Crippen LogP contribution in [-0.4, -0.2) is 83.6 Å². The molecular formula is C41H44FN5O14. The average molecular weight is 850 g/mol. The minimum atomic E-state index is -1.70. The Labute approximate surface area is 347 Å². The number of amides is 4. The van der Waals surface area contributed by atoms with Gasteiger partial charge in [0.2, 0.25) is 29.3 Å². The van der Waals surface area contributed by atoms with Crippen LogP contribution in [-0.2, 0) is 25.5 Å². The standard InChI is InChI=1S/C41H44FN5O14/c1-41(2,3)61-40(54)46-34-21-8-10-32(58-5)33(17-21)60-25-14-23(13-24(18-25)57-4)35(39(53)44-28(19-48)22-15-30(49)36(59-6)31(50)16-22)45-37(51)27(43-38(34)52)11-20-7-9-26(42)29(12-20)47(55)56/h7-10,12-18,27-28,34-35,48-50H,11,19H2,1-6H3,(H,43,52)(H,44,53)(H,45,51)(H,46,54)/t27-,28+,34-,35+/m1/s1. The first-order valence-corrected chi connectivity index (χ1v) is 18.4. The van der Waals surface area contributed by atoms with E-state index >= 15 is 0 Å². The second kappa shape index (κ2) is 18.7. The zero-order valence-electron chi connectivity index (χ0n) is 33.7. The molecule has 20 heteroatoms. The smallest absolute Gasteiger partial charge is 0.408 e. The first-order valence-electron chi connectivity index (χ1n) is 18.4. The number of nitrogens with zero attached hydrogens (tertiary/aromatic N) is 1. The number of ether oxygens (including phenoxy) is 5. The van der Waals surface area contributed by atoms with Crippen LogP contribution >= 0.6 is 0 Å². The van der Waals surface area contributed by atoms with Crippen molar-refractivity contribution < 1.29 is 67.5 Å². The average Bonchev–Trinajstić information content (AvgIpc) is 3.19. The van der Waals surface area contributed by atoms with Gasteiger partial charge < -0.3 is 60.3 Å². The number of aromatic hydroxyl groups is 2. The first-order chi connectivity index (χ1) is 28.8. The molecule has 4 aromatic carbocycles. The predicted octanol–water partition coefficient (Wildman–Crippen LogP) is 4.28. The summed E-state index contributed by atoms with van der Waals surface area (Å²) in [6, 6.07) is 7.40. The highest BCUT2D eigenvalue weighted by atomic mass is 19.1. The molecule has 0 aliphatic carbocycles. The maximum absolute atomic E-state index is 14.5. The third kappa shape index (κ3) is 10.8. The lowest BCUT2D eigenvalue weighted by Crippen LogP contribution is -2.54. The van der Waals surface area contributed by atoms with Crippen LogP contribution in [0.1, 0.15) is 61.2 Å². The number of rotatable bonds is 11. The molecule has 1 aliphatic heterocycles. The molecule has 0 unspecified atom stereocenters. The Kier molecular flexibility index (Phi) is 13.7. The number of alkyl carbamates (subject to hydrolysis) is 1. The zero-order chi connectivity index (χ0) is 44.8. The number of hydrogen-bond acceptors (Lipinski definition) is 14. The van der Waals surface area contributed by atoms with Gasteiger partial charge in [-0.05, 0) is 85.5 Å². The summed E-state index contributed by atoms with van der Waals surface area (Å²) in [4.78, 5) is 67.1. The molecule has 0 radical (unpaired) electrons. The lowest BCUT2D eigenvalue weighted by atomic mass is 9.99. The Hall–Kier alpha value is -7.35. The van der Waals surface area contributed by atoms with Crippen molar-refractivity contribution in [3.8, 4) is 40.2 Å². The highest BCUT2D eigenvalue weighted by Crippen LogP contribution is 2.39. The van der Waals surface area contributed by atoms with Gasteiger partial charge in [-0.15, -0.1) is 0 Å². The number of carbonyl (C=O) groups is 4. The Bertz CT molecular complexity index is 2310. The quantitative estimate of drug-likeness (QED) is 0.0821. The SMILES string of the molecule is COc1cc2cc(c1)[C@@H](C(=O)N[C@@H](CO)c1cc(O)c(OC)c(O)c1)NC(=O)[C@@H](Cc1ccc(F)c([N+](=O)[O-])c1)NC(=O)[C@H](NC(=O)OC(C)(C)C)c1ccc(OC)c(c1)O2. The Balaban J connectivity index is 1.68. The summed E-state index contributed by atoms with van der Waals surface area (Å²) in [7, 11) is 3.90. The molecular weight excluding hydrogens is 805 g/mol. The van der Waals surface area contributed by atoms with Crippen molar-refractivity contribution in [2.75, 3.05) is 27.9 Å². The van der Waals surface area contributed by atoms with Crippen LogP contribution in [0.15, 0.2) is 66.7 Å². The van der Waals surface area contributed by atoms with Crippen LogP contribution in [0.2, 0.25) is 0 Å². The van der Waals surface area contributed by atoms with Crippen molar-refractivity contribution in [1.82, 2.24) is 21.3 Å². The number of hydrogen-bond donors (Lipinski definition) is 7. The molecule has 4 amide bonds. The van der Waals surface area contributed by atoms with E-state index in [2.05, 4.69) is 21.3 Å². The van der Waals surface area contributed by atoms with E-state index < -0.39 is 94.5 Å². The van der Waals surface area contributed by atoms with Crippen molar-refractivity contribution in [2.45, 2.75) is 57.0 Å². The molecule has 19 nitrogen and oxygen atoms in total. The molecule has 0 spiro atoms. The van der Waals surface area contributed by atoms with E-state index in [1.807, 2.05) is 0 Å². The molecule has 1 aliphatic rings. The number of nitrogens with one attached hydrogen (secondary N) is 4. The Morgan fingerprint density at radius 3 is 2.23 bits per heavy atom. The van der Waals surface area contributed by atoms with Crippen LogP contribution in [0, 0.1) is 15.9 Å². The monoisotopic (exact) mass is 849 g/mol. The number of phenolic OH excluding ortho intramolecular Hbond substituents is 2. The molecule has 61 heavy (non-hydrogen) atoms. The molecule has 1 heterocycles. The number of aliphatic hydroxyl groups is 1. The number of nitro benzene ring substituents is 1. The molecule has 0 saturated heterocycles. The third-order valence-corrected chi connectivity index (χ3v) is 9.15. The van der Waals surface area contributed by atoms with Gasteiger partial charge in [-0.25, -0.2) is 4.79 Å². The van der Waals surface area contributed by atoms with E-state index in [0.717, 1.165) is 24.3 Å². The Morgan fingerprint density at radius 1 is 0.918 bits per heavy atom. The van der Waals surface area contributed by atoms with Crippen molar-refractivity contribution in [3.63, 3.8) is 0 Å².